The highest BCUT2D eigenvalue weighted by Crippen LogP contribution is 2.26. The average Bonchev–Trinajstić information content (AvgIpc) is 2.74. The van der Waals surface area contributed by atoms with Crippen molar-refractivity contribution < 1.29 is 10.2 Å². The lowest BCUT2D eigenvalue weighted by atomic mass is 10.1. The number of hydrogen-bond donors (Lipinski definition) is 3. The molecule has 0 aliphatic rings. The zero-order valence-corrected chi connectivity index (χ0v) is 16.7. The van der Waals surface area contributed by atoms with E-state index in [1.54, 1.807) is 60.7 Å². The van der Waals surface area contributed by atoms with Gasteiger partial charge in [-0.1, -0.05) is 43.0 Å². The van der Waals surface area contributed by atoms with E-state index in [1.165, 1.54) is 12.1 Å². The number of amidine groups is 2. The van der Waals surface area contributed by atoms with Crippen molar-refractivity contribution in [2.75, 3.05) is 0 Å². The largest absolute Gasteiger partial charge is 0.507 e. The van der Waals surface area contributed by atoms with Gasteiger partial charge in [-0.2, -0.15) is 5.26 Å². The van der Waals surface area contributed by atoms with Gasteiger partial charge in [0.05, 0.1) is 11.3 Å². The van der Waals surface area contributed by atoms with Gasteiger partial charge < -0.3 is 15.9 Å². The summed E-state index contributed by atoms with van der Waals surface area (Å²) in [7, 11) is 0. The Labute approximate surface area is 178 Å². The van der Waals surface area contributed by atoms with Crippen LogP contribution in [0.1, 0.15) is 16.7 Å². The first-order chi connectivity index (χ1) is 14.5. The number of nitriles is 1. The first kappa shape index (κ1) is 20.7. The van der Waals surface area contributed by atoms with Crippen molar-refractivity contribution in [3.63, 3.8) is 0 Å². The molecular weight excluding hydrogens is 396 g/mol. The Morgan fingerprint density at radius 1 is 0.900 bits per heavy atom. The van der Waals surface area contributed by atoms with Crippen molar-refractivity contribution in [1.29, 1.82) is 5.26 Å². The predicted molar refractivity (Wildman–Crippen MR) is 120 cm³/mol. The van der Waals surface area contributed by atoms with Crippen LogP contribution in [0.5, 0.6) is 11.5 Å². The minimum atomic E-state index is -0.0216. The van der Waals surface area contributed by atoms with Crippen LogP contribution in [-0.4, -0.2) is 21.9 Å². The van der Waals surface area contributed by atoms with Crippen molar-refractivity contribution in [2.24, 2.45) is 15.7 Å². The van der Waals surface area contributed by atoms with Crippen LogP contribution >= 0.6 is 11.8 Å². The molecule has 4 N–H and O–H groups in total. The van der Waals surface area contributed by atoms with E-state index < -0.39 is 0 Å². The van der Waals surface area contributed by atoms with Crippen molar-refractivity contribution in [3.8, 4) is 16.9 Å². The van der Waals surface area contributed by atoms with E-state index in [4.69, 9.17) is 11.0 Å². The molecule has 0 atom stereocenters. The molecule has 6 nitrogen and oxygen atoms in total. The Bertz CT molecular complexity index is 1200. The van der Waals surface area contributed by atoms with E-state index in [2.05, 4.69) is 16.6 Å². The van der Waals surface area contributed by atoms with E-state index in [9.17, 15) is 10.2 Å². The molecule has 3 aromatic carbocycles. The Balaban J connectivity index is 2.09. The molecule has 0 saturated heterocycles. The topological polar surface area (TPSA) is 115 Å². The second-order valence-electron chi connectivity index (χ2n) is 6.13. The summed E-state index contributed by atoms with van der Waals surface area (Å²) in [5, 5.41) is 31.3. The third kappa shape index (κ3) is 4.87. The molecule has 3 rings (SSSR count). The van der Waals surface area contributed by atoms with Crippen LogP contribution < -0.4 is 5.73 Å². The number of thiocyanates is 1. The van der Waals surface area contributed by atoms with Crippen LogP contribution in [0.4, 0.5) is 0 Å². The molecule has 0 amide bonds. The van der Waals surface area contributed by atoms with Crippen LogP contribution in [0, 0.1) is 10.7 Å². The van der Waals surface area contributed by atoms with Crippen LogP contribution in [0.2, 0.25) is 0 Å². The van der Waals surface area contributed by atoms with Gasteiger partial charge >= 0.3 is 0 Å². The number of hydrogen-bond acceptors (Lipinski definition) is 5. The number of phenols is 2. The fraction of sp³-hybridized carbons (Fsp3) is 0. The smallest absolute Gasteiger partial charge is 0.165 e. The maximum Gasteiger partial charge on any atom is 0.165 e. The molecule has 0 aromatic heterocycles. The molecule has 0 saturated carbocycles. The van der Waals surface area contributed by atoms with E-state index in [1.807, 2.05) is 5.40 Å². The number of para-hydroxylation sites is 2. The molecule has 0 heterocycles. The second-order valence-corrected chi connectivity index (χ2v) is 6.99. The molecular formula is C23H18N4O2S. The summed E-state index contributed by atoms with van der Waals surface area (Å²) in [6.45, 7) is 3.92. The number of aromatic hydroxyl groups is 2. The Morgan fingerprint density at radius 2 is 1.53 bits per heavy atom. The van der Waals surface area contributed by atoms with Gasteiger partial charge in [0.25, 0.3) is 0 Å². The molecule has 0 unspecified atom stereocenters. The number of phenolic OH excluding ortho intramolecular Hbond substituents is 2. The highest BCUT2D eigenvalue weighted by molar-refractivity contribution is 8.03. The van der Waals surface area contributed by atoms with Gasteiger partial charge in [0, 0.05) is 16.0 Å². The summed E-state index contributed by atoms with van der Waals surface area (Å²) in [4.78, 5) is 9.59. The summed E-state index contributed by atoms with van der Waals surface area (Å²) >= 11 is 1.02. The van der Waals surface area contributed by atoms with Crippen LogP contribution in [-0.2, 0) is 0 Å². The van der Waals surface area contributed by atoms with Crippen LogP contribution in [0.3, 0.4) is 0 Å². The summed E-state index contributed by atoms with van der Waals surface area (Å²) in [6, 6.07) is 20.3. The molecule has 30 heavy (non-hydrogen) atoms. The fourth-order valence-electron chi connectivity index (χ4n) is 2.66. The maximum absolute atomic E-state index is 10.3. The Kier molecular flexibility index (Phi) is 6.53. The van der Waals surface area contributed by atoms with Gasteiger partial charge in [0.15, 0.2) is 5.84 Å². The molecule has 0 fully saturated rings. The normalized spacial score (nSPS) is 11.7. The van der Waals surface area contributed by atoms with Gasteiger partial charge in [-0.25, -0.2) is 9.98 Å². The number of nitrogens with two attached hydrogens (primary N) is 1. The minimum absolute atomic E-state index is 0.0216. The molecule has 3 aromatic rings. The van der Waals surface area contributed by atoms with E-state index in [-0.39, 0.29) is 28.9 Å². The standard InChI is InChI=1S/C23H18N4O2S/c1-15(18-9-2-4-11-20(18)28)26-23(19-10-3-5-12-21(19)29)27-22(25)16-7-6-8-17(13-16)30-14-24/h2-13,28-29H,1H2,(H2,25,26,27). The third-order valence-electron chi connectivity index (χ3n) is 4.12. The number of thioether (sulfide) groups is 1. The van der Waals surface area contributed by atoms with Gasteiger partial charge in [-0.15, -0.1) is 0 Å². The molecule has 0 bridgehead atoms. The molecule has 0 spiro atoms. The Morgan fingerprint density at radius 3 is 2.17 bits per heavy atom. The summed E-state index contributed by atoms with van der Waals surface area (Å²) < 4.78 is 0. The lowest BCUT2D eigenvalue weighted by molar-refractivity contribution is 0.473. The van der Waals surface area contributed by atoms with E-state index in [0.717, 1.165) is 16.7 Å². The Hall–Kier alpha value is -4.02. The first-order valence-electron chi connectivity index (χ1n) is 8.84. The molecule has 0 aliphatic heterocycles. The van der Waals surface area contributed by atoms with Crippen molar-refractivity contribution in [1.82, 2.24) is 0 Å². The zero-order chi connectivity index (χ0) is 21.5. The minimum Gasteiger partial charge on any atom is -0.507 e. The SMILES string of the molecule is C=C(N=C(N=C(N)c1cccc(SC#N)c1)c1ccccc1O)c1ccccc1O. The van der Waals surface area contributed by atoms with Crippen molar-refractivity contribution in [3.05, 3.63) is 96.1 Å². The number of aliphatic imine (C=N–C) groups is 2. The fourth-order valence-corrected chi connectivity index (χ4v) is 3.10. The van der Waals surface area contributed by atoms with Crippen LogP contribution in [0.25, 0.3) is 5.70 Å². The lowest BCUT2D eigenvalue weighted by Gasteiger charge is -2.09. The highest BCUT2D eigenvalue weighted by atomic mass is 32.2. The monoisotopic (exact) mass is 414 g/mol. The third-order valence-corrected chi connectivity index (χ3v) is 4.70. The summed E-state index contributed by atoms with van der Waals surface area (Å²) in [5.41, 5.74) is 7.87. The van der Waals surface area contributed by atoms with Gasteiger partial charge in [-0.3, -0.25) is 0 Å². The van der Waals surface area contributed by atoms with Crippen LogP contribution in [0.15, 0.2) is 94.3 Å². The number of rotatable bonds is 5. The van der Waals surface area contributed by atoms with Gasteiger partial charge in [0.2, 0.25) is 0 Å². The summed E-state index contributed by atoms with van der Waals surface area (Å²) in [5.74, 6) is 0.299. The first-order valence-corrected chi connectivity index (χ1v) is 9.66. The quantitative estimate of drug-likeness (QED) is 0.246. The van der Waals surface area contributed by atoms with E-state index >= 15 is 0 Å². The van der Waals surface area contributed by atoms with Crippen molar-refractivity contribution in [2.45, 2.75) is 4.90 Å². The predicted octanol–water partition coefficient (Wildman–Crippen LogP) is 4.49. The second kappa shape index (κ2) is 9.45. The summed E-state index contributed by atoms with van der Waals surface area (Å²) in [6.07, 6.45) is 0. The van der Waals surface area contributed by atoms with E-state index in [0.29, 0.717) is 16.7 Å². The highest BCUT2D eigenvalue weighted by Gasteiger charge is 2.12. The lowest BCUT2D eigenvalue weighted by Crippen LogP contribution is -2.16. The zero-order valence-electron chi connectivity index (χ0n) is 15.9. The number of benzene rings is 3. The molecule has 0 aliphatic carbocycles. The van der Waals surface area contributed by atoms with Crippen molar-refractivity contribution >= 4 is 29.1 Å². The maximum atomic E-state index is 10.3. The molecule has 7 heteroatoms. The average molecular weight is 414 g/mol. The molecule has 0 radical (unpaired) electrons. The number of nitrogens with zero attached hydrogens (tertiary/aromatic N) is 3. The molecule has 148 valence electrons. The van der Waals surface area contributed by atoms with Gasteiger partial charge in [-0.05, 0) is 48.2 Å². The van der Waals surface area contributed by atoms with Gasteiger partial charge in [0.1, 0.15) is 22.7 Å².